The van der Waals surface area contributed by atoms with E-state index in [9.17, 15) is 4.79 Å². The molecule has 0 spiro atoms. The third-order valence-corrected chi connectivity index (χ3v) is 0.782. The number of allylic oxidation sites excluding steroid dienone is 2. The number of ether oxygens (including phenoxy) is 1. The minimum absolute atomic E-state index is 0.0354. The minimum Gasteiger partial charge on any atom is -0.497 e. The van der Waals surface area contributed by atoms with Crippen LogP contribution in [0.25, 0.3) is 0 Å². The highest BCUT2D eigenvalue weighted by Crippen LogP contribution is 1.94. The first-order valence-electron chi connectivity index (χ1n) is 2.59. The molecule has 0 amide bonds. The molecule has 0 radical (unpaired) electrons. The van der Waals surface area contributed by atoms with Gasteiger partial charge in [0.25, 0.3) is 0 Å². The van der Waals surface area contributed by atoms with E-state index in [4.69, 9.17) is 4.74 Å². The maximum atomic E-state index is 10.4. The first-order chi connectivity index (χ1) is 4.20. The lowest BCUT2D eigenvalue weighted by Gasteiger charge is -1.95. The van der Waals surface area contributed by atoms with Crippen molar-refractivity contribution in [3.63, 3.8) is 0 Å². The van der Waals surface area contributed by atoms with Crippen LogP contribution in [0.1, 0.15) is 6.92 Å². The fourth-order valence-electron chi connectivity index (χ4n) is 0.402. The molecule has 50 valence electrons. The van der Waals surface area contributed by atoms with Gasteiger partial charge in [-0.05, 0) is 13.0 Å². The van der Waals surface area contributed by atoms with Gasteiger partial charge in [-0.1, -0.05) is 6.58 Å². The van der Waals surface area contributed by atoms with Crippen molar-refractivity contribution in [3.05, 3.63) is 24.5 Å². The van der Waals surface area contributed by atoms with E-state index >= 15 is 0 Å². The van der Waals surface area contributed by atoms with Crippen LogP contribution in [0.4, 0.5) is 0 Å². The number of carbonyl (C=O) groups is 1. The summed E-state index contributed by atoms with van der Waals surface area (Å²) in [7, 11) is 1.50. The van der Waals surface area contributed by atoms with Gasteiger partial charge in [0.15, 0.2) is 5.78 Å². The summed E-state index contributed by atoms with van der Waals surface area (Å²) in [5, 5.41) is 0. The highest BCUT2D eigenvalue weighted by molar-refractivity contribution is 5.88. The molecule has 0 aromatic rings. The number of carbonyl (C=O) groups excluding carboxylic acids is 1. The van der Waals surface area contributed by atoms with Crippen molar-refractivity contribution in [2.45, 2.75) is 6.92 Å². The summed E-state index contributed by atoms with van der Waals surface area (Å²) in [6.45, 7) is 4.90. The Morgan fingerprint density at radius 3 is 2.33 bits per heavy atom. The van der Waals surface area contributed by atoms with Gasteiger partial charge >= 0.3 is 0 Å². The van der Waals surface area contributed by atoms with E-state index in [2.05, 4.69) is 6.58 Å². The molecule has 0 saturated heterocycles. The second kappa shape index (κ2) is 3.89. The lowest BCUT2D eigenvalue weighted by Crippen LogP contribution is -1.87. The molecule has 0 heterocycles. The predicted molar refractivity (Wildman–Crippen MR) is 36.0 cm³/mol. The van der Waals surface area contributed by atoms with Crippen molar-refractivity contribution in [3.8, 4) is 0 Å². The Bertz CT molecular complexity index is 145. The van der Waals surface area contributed by atoms with Crippen LogP contribution < -0.4 is 0 Å². The van der Waals surface area contributed by atoms with Crippen LogP contribution in [-0.2, 0) is 9.53 Å². The molecule has 2 heteroatoms. The molecule has 0 atom stereocenters. The molecule has 0 rings (SSSR count). The Balaban J connectivity index is 4.07. The normalized spacial score (nSPS) is 10.7. The molecule has 0 aliphatic rings. The van der Waals surface area contributed by atoms with Crippen molar-refractivity contribution >= 4 is 5.78 Å². The van der Waals surface area contributed by atoms with Gasteiger partial charge in [-0.3, -0.25) is 4.79 Å². The Kier molecular flexibility index (Phi) is 3.44. The van der Waals surface area contributed by atoms with E-state index in [-0.39, 0.29) is 5.78 Å². The lowest BCUT2D eigenvalue weighted by atomic mass is 10.3. The zero-order valence-corrected chi connectivity index (χ0v) is 5.68. The van der Waals surface area contributed by atoms with Gasteiger partial charge in [0, 0.05) is 6.08 Å². The largest absolute Gasteiger partial charge is 0.497 e. The summed E-state index contributed by atoms with van der Waals surface area (Å²) < 4.78 is 4.73. The number of hydrogen-bond donors (Lipinski definition) is 0. The first kappa shape index (κ1) is 7.95. The van der Waals surface area contributed by atoms with E-state index in [1.54, 1.807) is 0 Å². The number of methoxy groups -OCH3 is 1. The summed E-state index contributed by atoms with van der Waals surface area (Å²) in [5.41, 5.74) is 0. The molecule has 0 unspecified atom stereocenters. The number of rotatable bonds is 3. The third-order valence-electron chi connectivity index (χ3n) is 0.782. The average molecular weight is 126 g/mol. The van der Waals surface area contributed by atoms with Gasteiger partial charge < -0.3 is 4.74 Å². The van der Waals surface area contributed by atoms with Crippen LogP contribution in [0.5, 0.6) is 0 Å². The van der Waals surface area contributed by atoms with Crippen molar-refractivity contribution in [2.75, 3.05) is 7.11 Å². The van der Waals surface area contributed by atoms with Crippen molar-refractivity contribution in [1.82, 2.24) is 0 Å². The second-order valence-electron chi connectivity index (χ2n) is 1.57. The molecule has 0 N–H and O–H groups in total. The number of ketones is 1. The van der Waals surface area contributed by atoms with E-state index in [0.29, 0.717) is 5.76 Å². The molecule has 0 aromatic carbocycles. The van der Waals surface area contributed by atoms with E-state index in [0.717, 1.165) is 0 Å². The second-order valence-corrected chi connectivity index (χ2v) is 1.57. The summed E-state index contributed by atoms with van der Waals surface area (Å²) in [6.07, 6.45) is 2.87. The Hall–Kier alpha value is -1.05. The van der Waals surface area contributed by atoms with E-state index in [1.165, 1.54) is 26.2 Å². The third kappa shape index (κ3) is 3.53. The topological polar surface area (TPSA) is 26.3 Å². The van der Waals surface area contributed by atoms with Crippen LogP contribution in [0.3, 0.4) is 0 Å². The highest BCUT2D eigenvalue weighted by atomic mass is 16.5. The summed E-state index contributed by atoms with van der Waals surface area (Å²) in [4.78, 5) is 10.4. The number of hydrogen-bond acceptors (Lipinski definition) is 2. The van der Waals surface area contributed by atoms with Gasteiger partial charge in [-0.15, -0.1) is 0 Å². The molecule has 0 aliphatic heterocycles. The maximum absolute atomic E-state index is 10.4. The summed E-state index contributed by atoms with van der Waals surface area (Å²) in [5.74, 6) is 0.467. The molecule has 9 heavy (non-hydrogen) atoms. The quantitative estimate of drug-likeness (QED) is 0.323. The van der Waals surface area contributed by atoms with Crippen molar-refractivity contribution < 1.29 is 9.53 Å². The zero-order chi connectivity index (χ0) is 7.28. The van der Waals surface area contributed by atoms with Crippen LogP contribution in [0, 0.1) is 0 Å². The first-order valence-corrected chi connectivity index (χ1v) is 2.59. The average Bonchev–Trinajstić information content (AvgIpc) is 1.82. The standard InChI is InChI=1S/C7H10O2/c1-4-7(9-3)5-6(2)8/h4-5H,1H2,2-3H3. The van der Waals surface area contributed by atoms with Crippen LogP contribution >= 0.6 is 0 Å². The zero-order valence-electron chi connectivity index (χ0n) is 5.68. The molecular weight excluding hydrogens is 116 g/mol. The SMILES string of the molecule is C=CC(=CC(C)=O)OC. The van der Waals surface area contributed by atoms with Gasteiger partial charge in [0.2, 0.25) is 0 Å². The van der Waals surface area contributed by atoms with Gasteiger partial charge in [-0.25, -0.2) is 0 Å². The fourth-order valence-corrected chi connectivity index (χ4v) is 0.402. The predicted octanol–water partition coefficient (Wildman–Crippen LogP) is 1.29. The summed E-state index contributed by atoms with van der Waals surface area (Å²) >= 11 is 0. The van der Waals surface area contributed by atoms with Gasteiger partial charge in [0.1, 0.15) is 5.76 Å². The lowest BCUT2D eigenvalue weighted by molar-refractivity contribution is -0.112. The minimum atomic E-state index is -0.0354. The van der Waals surface area contributed by atoms with Crippen LogP contribution in [0.15, 0.2) is 24.5 Å². The Labute approximate surface area is 54.8 Å². The molecule has 0 saturated carbocycles. The van der Waals surface area contributed by atoms with Crippen LogP contribution in [-0.4, -0.2) is 12.9 Å². The Morgan fingerprint density at radius 2 is 2.22 bits per heavy atom. The van der Waals surface area contributed by atoms with Crippen LogP contribution in [0.2, 0.25) is 0 Å². The fraction of sp³-hybridized carbons (Fsp3) is 0.286. The van der Waals surface area contributed by atoms with Gasteiger partial charge in [0.05, 0.1) is 7.11 Å². The molecule has 0 bridgehead atoms. The smallest absolute Gasteiger partial charge is 0.156 e. The molecule has 0 aromatic heterocycles. The molecular formula is C7H10O2. The molecule has 2 nitrogen and oxygen atoms in total. The Morgan fingerprint density at radius 1 is 1.67 bits per heavy atom. The van der Waals surface area contributed by atoms with Gasteiger partial charge in [-0.2, -0.15) is 0 Å². The monoisotopic (exact) mass is 126 g/mol. The molecule has 0 fully saturated rings. The van der Waals surface area contributed by atoms with Crippen molar-refractivity contribution in [1.29, 1.82) is 0 Å². The van der Waals surface area contributed by atoms with E-state index in [1.807, 2.05) is 0 Å². The summed E-state index contributed by atoms with van der Waals surface area (Å²) in [6, 6.07) is 0. The van der Waals surface area contributed by atoms with Crippen molar-refractivity contribution in [2.24, 2.45) is 0 Å². The maximum Gasteiger partial charge on any atom is 0.156 e. The van der Waals surface area contributed by atoms with E-state index < -0.39 is 0 Å². The molecule has 0 aliphatic carbocycles. The highest BCUT2D eigenvalue weighted by Gasteiger charge is 1.89.